The molecule has 3 heterocycles. The number of hydrogen-bond donors (Lipinski definition) is 1. The molecule has 0 saturated carbocycles. The van der Waals surface area contributed by atoms with Gasteiger partial charge in [-0.3, -0.25) is 14.5 Å². The molecule has 1 N–H and O–H groups in total. The normalized spacial score (nSPS) is 16.4. The number of halogens is 3. The van der Waals surface area contributed by atoms with Crippen LogP contribution in [0, 0.1) is 11.3 Å². The molecule has 2 aliphatic rings. The van der Waals surface area contributed by atoms with Gasteiger partial charge in [0, 0.05) is 48.7 Å². The fourth-order valence-electron chi connectivity index (χ4n) is 5.24. The van der Waals surface area contributed by atoms with E-state index in [1.807, 2.05) is 16.3 Å². The van der Waals surface area contributed by atoms with Crippen LogP contribution in [0.3, 0.4) is 0 Å². The molecule has 2 aromatic rings. The molecule has 224 valence electrons. The third-order valence-corrected chi connectivity index (χ3v) is 8.60. The van der Waals surface area contributed by atoms with Gasteiger partial charge in [-0.15, -0.1) is 11.3 Å². The Morgan fingerprint density at radius 3 is 2.43 bits per heavy atom. The number of urea groups is 1. The van der Waals surface area contributed by atoms with Crippen molar-refractivity contribution in [2.45, 2.75) is 51.6 Å². The molecule has 1 fully saturated rings. The van der Waals surface area contributed by atoms with E-state index in [4.69, 9.17) is 5.26 Å². The van der Waals surface area contributed by atoms with Gasteiger partial charge in [-0.2, -0.15) is 18.4 Å². The highest BCUT2D eigenvalue weighted by molar-refractivity contribution is 7.09. The van der Waals surface area contributed by atoms with Crippen molar-refractivity contribution in [2.24, 2.45) is 0 Å². The molecule has 0 unspecified atom stereocenters. The zero-order valence-electron chi connectivity index (χ0n) is 23.5. The first-order valence-electron chi connectivity index (χ1n) is 14.1. The summed E-state index contributed by atoms with van der Waals surface area (Å²) in [5.41, 5.74) is -1.37. The van der Waals surface area contributed by atoms with Gasteiger partial charge in [-0.1, -0.05) is 18.9 Å². The van der Waals surface area contributed by atoms with Gasteiger partial charge in [0.2, 0.25) is 0 Å². The van der Waals surface area contributed by atoms with E-state index in [1.165, 1.54) is 23.9 Å². The molecule has 4 amide bonds. The summed E-state index contributed by atoms with van der Waals surface area (Å²) in [4.78, 5) is 44.4. The fourth-order valence-corrected chi connectivity index (χ4v) is 5.95. The summed E-state index contributed by atoms with van der Waals surface area (Å²) in [6, 6.07) is 8.41. The predicted octanol–water partition coefficient (Wildman–Crippen LogP) is 5.35. The van der Waals surface area contributed by atoms with Crippen LogP contribution in [0.4, 0.5) is 23.7 Å². The Labute approximate surface area is 247 Å². The number of carbonyl (C=O) groups is 3. The maximum atomic E-state index is 13.4. The second-order valence-electron chi connectivity index (χ2n) is 10.4. The lowest BCUT2D eigenvalue weighted by Gasteiger charge is -2.34. The molecule has 0 aliphatic carbocycles. The Morgan fingerprint density at radius 1 is 1.02 bits per heavy atom. The van der Waals surface area contributed by atoms with Crippen molar-refractivity contribution in [3.05, 3.63) is 62.9 Å². The minimum Gasteiger partial charge on any atom is -0.338 e. The first kappa shape index (κ1) is 31.3. The zero-order chi connectivity index (χ0) is 30.3. The van der Waals surface area contributed by atoms with Crippen molar-refractivity contribution in [2.75, 3.05) is 44.2 Å². The van der Waals surface area contributed by atoms with Crippen molar-refractivity contribution in [3.8, 4) is 6.07 Å². The van der Waals surface area contributed by atoms with Crippen LogP contribution in [0.15, 0.2) is 46.9 Å². The fraction of sp³-hybridized carbons (Fsp3) is 0.467. The smallest absolute Gasteiger partial charge is 0.338 e. The molecule has 2 aliphatic heterocycles. The van der Waals surface area contributed by atoms with E-state index in [2.05, 4.69) is 16.3 Å². The van der Waals surface area contributed by atoms with Gasteiger partial charge in [-0.05, 0) is 68.8 Å². The van der Waals surface area contributed by atoms with Crippen LogP contribution in [0.25, 0.3) is 0 Å². The molecule has 12 heteroatoms. The van der Waals surface area contributed by atoms with Gasteiger partial charge in [0.1, 0.15) is 0 Å². The number of thiophene rings is 1. The quantitative estimate of drug-likeness (QED) is 0.277. The SMILES string of the molecule is CC1=C(CCCCCCN2CCN(C(=O)NCCc3cccs3)CC2)C(=O)N(c2ccc(C#N)c(C(F)(F)F)c2)C1=O. The van der Waals surface area contributed by atoms with Gasteiger partial charge in [-0.25, -0.2) is 9.69 Å². The van der Waals surface area contributed by atoms with Crippen LogP contribution in [0.2, 0.25) is 0 Å². The van der Waals surface area contributed by atoms with E-state index < -0.39 is 29.1 Å². The maximum Gasteiger partial charge on any atom is 0.417 e. The lowest BCUT2D eigenvalue weighted by atomic mass is 10.0. The molecule has 1 saturated heterocycles. The predicted molar refractivity (Wildman–Crippen MR) is 154 cm³/mol. The molecule has 0 spiro atoms. The van der Waals surface area contributed by atoms with E-state index in [9.17, 15) is 27.6 Å². The van der Waals surface area contributed by atoms with Crippen LogP contribution < -0.4 is 10.2 Å². The van der Waals surface area contributed by atoms with E-state index in [0.717, 1.165) is 56.3 Å². The molecular weight excluding hydrogens is 567 g/mol. The first-order valence-corrected chi connectivity index (χ1v) is 15.0. The zero-order valence-corrected chi connectivity index (χ0v) is 24.3. The summed E-state index contributed by atoms with van der Waals surface area (Å²) in [7, 11) is 0. The molecule has 0 radical (unpaired) electrons. The van der Waals surface area contributed by atoms with Crippen molar-refractivity contribution in [1.82, 2.24) is 15.1 Å². The lowest BCUT2D eigenvalue weighted by Crippen LogP contribution is -2.52. The Hall–Kier alpha value is -3.69. The summed E-state index contributed by atoms with van der Waals surface area (Å²) in [5, 5.41) is 14.0. The topological polar surface area (TPSA) is 96.8 Å². The lowest BCUT2D eigenvalue weighted by molar-refractivity contribution is -0.138. The van der Waals surface area contributed by atoms with Gasteiger partial charge in [0.05, 0.1) is 22.9 Å². The van der Waals surface area contributed by atoms with Crippen LogP contribution in [-0.2, 0) is 22.2 Å². The number of amides is 4. The van der Waals surface area contributed by atoms with Crippen LogP contribution >= 0.6 is 11.3 Å². The monoisotopic (exact) mass is 601 g/mol. The molecule has 4 rings (SSSR count). The Kier molecular flexibility index (Phi) is 10.4. The second kappa shape index (κ2) is 14.0. The molecule has 1 aromatic carbocycles. The molecule has 0 bridgehead atoms. The minimum atomic E-state index is -4.79. The third-order valence-electron chi connectivity index (χ3n) is 7.66. The minimum absolute atomic E-state index is 0.0192. The van der Waals surface area contributed by atoms with Crippen LogP contribution in [0.5, 0.6) is 0 Å². The van der Waals surface area contributed by atoms with Crippen molar-refractivity contribution in [1.29, 1.82) is 5.26 Å². The van der Waals surface area contributed by atoms with Crippen molar-refractivity contribution >= 4 is 34.9 Å². The number of benzene rings is 1. The number of nitrogens with one attached hydrogen (secondary N) is 1. The standard InChI is InChI=1S/C30H34F3N5O3S/c1-21-25(28(40)38(27(21)39)23-10-9-22(20-34)26(19-23)30(31,32)33)8-4-2-3-5-13-36-14-16-37(17-15-36)29(41)35-12-11-24-7-6-18-42-24/h6-7,9-10,18-19H,2-5,8,11-17H2,1H3,(H,35,41). The molecule has 1 aromatic heterocycles. The summed E-state index contributed by atoms with van der Waals surface area (Å²) in [6.07, 6.45) is -0.148. The van der Waals surface area contributed by atoms with Crippen molar-refractivity contribution in [3.63, 3.8) is 0 Å². The Morgan fingerprint density at radius 2 is 1.76 bits per heavy atom. The van der Waals surface area contributed by atoms with Crippen LogP contribution in [-0.4, -0.2) is 66.9 Å². The number of hydrogen-bond acceptors (Lipinski definition) is 6. The second-order valence-corrected chi connectivity index (χ2v) is 11.5. The molecular formula is C30H34F3N5O3S. The summed E-state index contributed by atoms with van der Waals surface area (Å²) in [6.45, 7) is 6.09. The largest absolute Gasteiger partial charge is 0.417 e. The van der Waals surface area contributed by atoms with Crippen LogP contribution in [0.1, 0.15) is 55.0 Å². The number of imide groups is 1. The Balaban J connectivity index is 1.15. The highest BCUT2D eigenvalue weighted by Crippen LogP contribution is 2.37. The number of rotatable bonds is 11. The number of piperazine rings is 1. The molecule has 8 nitrogen and oxygen atoms in total. The highest BCUT2D eigenvalue weighted by atomic mass is 32.1. The number of nitrogens with zero attached hydrogens (tertiary/aromatic N) is 4. The van der Waals surface area contributed by atoms with E-state index >= 15 is 0 Å². The van der Waals surface area contributed by atoms with E-state index in [1.54, 1.807) is 11.3 Å². The third kappa shape index (κ3) is 7.57. The molecule has 0 atom stereocenters. The average Bonchev–Trinajstić information content (AvgIpc) is 3.56. The number of unbranched alkanes of at least 4 members (excludes halogenated alkanes) is 3. The summed E-state index contributed by atoms with van der Waals surface area (Å²) in [5.74, 6) is -1.24. The highest BCUT2D eigenvalue weighted by Gasteiger charge is 2.39. The number of nitriles is 1. The van der Waals surface area contributed by atoms with E-state index in [0.29, 0.717) is 44.1 Å². The summed E-state index contributed by atoms with van der Waals surface area (Å²) >= 11 is 1.69. The number of anilines is 1. The number of carbonyl (C=O) groups excluding carboxylic acids is 3. The van der Waals surface area contributed by atoms with Crippen molar-refractivity contribution < 1.29 is 27.6 Å². The van der Waals surface area contributed by atoms with Gasteiger partial charge < -0.3 is 10.2 Å². The molecule has 42 heavy (non-hydrogen) atoms. The number of alkyl halides is 3. The van der Waals surface area contributed by atoms with Gasteiger partial charge >= 0.3 is 12.2 Å². The maximum absolute atomic E-state index is 13.4. The van der Waals surface area contributed by atoms with Gasteiger partial charge in [0.25, 0.3) is 11.8 Å². The first-order chi connectivity index (χ1) is 20.1. The summed E-state index contributed by atoms with van der Waals surface area (Å²) < 4.78 is 40.2. The van der Waals surface area contributed by atoms with E-state index in [-0.39, 0.29) is 17.3 Å². The average molecular weight is 602 g/mol. The van der Waals surface area contributed by atoms with Gasteiger partial charge in [0.15, 0.2) is 0 Å². The Bertz CT molecular complexity index is 1360.